The van der Waals surface area contributed by atoms with E-state index in [9.17, 15) is 23.1 Å². The monoisotopic (exact) mass is 367 g/mol. The van der Waals surface area contributed by atoms with Crippen LogP contribution in [-0.4, -0.2) is 54.5 Å². The Hall–Kier alpha value is -1.67. The van der Waals surface area contributed by atoms with Gasteiger partial charge in [0.15, 0.2) is 17.1 Å². The molecule has 0 aliphatic carbocycles. The number of benzene rings is 1. The van der Waals surface area contributed by atoms with Gasteiger partial charge in [-0.2, -0.15) is 13.2 Å². The number of halogens is 4. The highest BCUT2D eigenvalue weighted by molar-refractivity contribution is 6.32. The van der Waals surface area contributed by atoms with Crippen LogP contribution >= 0.6 is 11.6 Å². The van der Waals surface area contributed by atoms with E-state index >= 15 is 0 Å². The van der Waals surface area contributed by atoms with Crippen LogP contribution < -0.4 is 9.47 Å². The number of hydrogen-bond acceptors (Lipinski definition) is 4. The summed E-state index contributed by atoms with van der Waals surface area (Å²) in [5, 5.41) is 9.79. The van der Waals surface area contributed by atoms with E-state index in [1.807, 2.05) is 0 Å². The van der Waals surface area contributed by atoms with Gasteiger partial charge in [-0.05, 0) is 19.1 Å². The minimum Gasteiger partial charge on any atom is -0.493 e. The summed E-state index contributed by atoms with van der Waals surface area (Å²) in [6.45, 7) is 1.05. The maximum atomic E-state index is 12.9. The molecule has 0 aromatic heterocycles. The molecule has 9 heteroatoms. The van der Waals surface area contributed by atoms with Crippen LogP contribution in [0.1, 0.15) is 23.7 Å². The first-order chi connectivity index (χ1) is 11.1. The standard InChI is InChI=1S/C15H17ClF3NO4/c1-3-24-12-10(16)6-9(7-11(12)23-2)13(21)20-5-4-14(22,8-20)15(17,18)19/h6-7,22H,3-5,8H2,1-2H3. The Morgan fingerprint density at radius 2 is 2.12 bits per heavy atom. The van der Waals surface area contributed by atoms with E-state index in [2.05, 4.69) is 0 Å². The lowest BCUT2D eigenvalue weighted by atomic mass is 10.0. The van der Waals surface area contributed by atoms with E-state index in [0.29, 0.717) is 6.61 Å². The lowest BCUT2D eigenvalue weighted by Gasteiger charge is -2.26. The number of likely N-dealkylation sites (tertiary alicyclic amines) is 1. The second-order valence-corrected chi connectivity index (χ2v) is 5.84. The van der Waals surface area contributed by atoms with Crippen LogP contribution in [0.3, 0.4) is 0 Å². The molecule has 0 spiro atoms. The number of β-amino-alcohol motifs (C(OH)–C–C–N with tert-alkyl or cyclic N) is 1. The number of carbonyl (C=O) groups is 1. The van der Waals surface area contributed by atoms with Gasteiger partial charge < -0.3 is 19.5 Å². The van der Waals surface area contributed by atoms with Crippen LogP contribution in [-0.2, 0) is 0 Å². The predicted octanol–water partition coefficient (Wildman–Crippen LogP) is 2.89. The number of amides is 1. The van der Waals surface area contributed by atoms with E-state index in [1.54, 1.807) is 6.92 Å². The molecule has 1 saturated heterocycles. The summed E-state index contributed by atoms with van der Waals surface area (Å²) in [7, 11) is 1.36. The third-order valence-corrected chi connectivity index (χ3v) is 4.11. The minimum absolute atomic E-state index is 0.0618. The summed E-state index contributed by atoms with van der Waals surface area (Å²) >= 11 is 6.07. The predicted molar refractivity (Wildman–Crippen MR) is 80.7 cm³/mol. The second kappa shape index (κ2) is 6.68. The van der Waals surface area contributed by atoms with Gasteiger partial charge in [-0.15, -0.1) is 0 Å². The number of rotatable bonds is 4. The first-order valence-electron chi connectivity index (χ1n) is 7.21. The lowest BCUT2D eigenvalue weighted by molar-refractivity contribution is -0.253. The van der Waals surface area contributed by atoms with Gasteiger partial charge in [-0.25, -0.2) is 0 Å². The van der Waals surface area contributed by atoms with Crippen molar-refractivity contribution in [3.63, 3.8) is 0 Å². The van der Waals surface area contributed by atoms with Crippen molar-refractivity contribution < 1.29 is 32.5 Å². The average Bonchev–Trinajstić information content (AvgIpc) is 2.92. The van der Waals surface area contributed by atoms with Crippen molar-refractivity contribution >= 4 is 17.5 Å². The Bertz CT molecular complexity index is 638. The molecule has 1 amide bonds. The highest BCUT2D eigenvalue weighted by atomic mass is 35.5. The Morgan fingerprint density at radius 1 is 1.46 bits per heavy atom. The van der Waals surface area contributed by atoms with Crippen molar-refractivity contribution in [3.8, 4) is 11.5 Å². The van der Waals surface area contributed by atoms with E-state index in [0.717, 1.165) is 4.90 Å². The van der Waals surface area contributed by atoms with Gasteiger partial charge in [0, 0.05) is 18.5 Å². The highest BCUT2D eigenvalue weighted by Crippen LogP contribution is 2.40. The summed E-state index contributed by atoms with van der Waals surface area (Å²) < 4.78 is 49.0. The lowest BCUT2D eigenvalue weighted by Crippen LogP contribution is -2.48. The molecule has 0 radical (unpaired) electrons. The molecule has 134 valence electrons. The Labute approximate surface area is 141 Å². The molecule has 1 aliphatic heterocycles. The van der Waals surface area contributed by atoms with Gasteiger partial charge in [0.05, 0.1) is 25.3 Å². The SMILES string of the molecule is CCOc1c(Cl)cc(C(=O)N2CCC(O)(C(F)(F)F)C2)cc1OC. The fourth-order valence-corrected chi connectivity index (χ4v) is 2.77. The van der Waals surface area contributed by atoms with Crippen molar-refractivity contribution in [2.75, 3.05) is 26.8 Å². The fraction of sp³-hybridized carbons (Fsp3) is 0.533. The van der Waals surface area contributed by atoms with Crippen molar-refractivity contribution in [1.82, 2.24) is 4.90 Å². The average molecular weight is 368 g/mol. The van der Waals surface area contributed by atoms with E-state index in [-0.39, 0.29) is 28.6 Å². The molecule has 1 heterocycles. The highest BCUT2D eigenvalue weighted by Gasteiger charge is 2.57. The molecular formula is C15H17ClF3NO4. The van der Waals surface area contributed by atoms with E-state index in [4.69, 9.17) is 21.1 Å². The van der Waals surface area contributed by atoms with Crippen LogP contribution in [0.4, 0.5) is 13.2 Å². The van der Waals surface area contributed by atoms with Crippen molar-refractivity contribution in [1.29, 1.82) is 0 Å². The van der Waals surface area contributed by atoms with Gasteiger partial charge in [-0.3, -0.25) is 4.79 Å². The molecule has 24 heavy (non-hydrogen) atoms. The fourth-order valence-electron chi connectivity index (χ4n) is 2.51. The van der Waals surface area contributed by atoms with Gasteiger partial charge in [0.25, 0.3) is 5.91 Å². The number of alkyl halides is 3. The zero-order valence-corrected chi connectivity index (χ0v) is 13.9. The molecule has 1 aromatic rings. The Balaban J connectivity index is 2.27. The van der Waals surface area contributed by atoms with Crippen molar-refractivity contribution in [3.05, 3.63) is 22.7 Å². The Morgan fingerprint density at radius 3 is 2.62 bits per heavy atom. The molecule has 0 bridgehead atoms. The van der Waals surface area contributed by atoms with Crippen LogP contribution in [0.15, 0.2) is 12.1 Å². The summed E-state index contributed by atoms with van der Waals surface area (Å²) in [5.41, 5.74) is -2.83. The smallest absolute Gasteiger partial charge is 0.419 e. The first-order valence-corrected chi connectivity index (χ1v) is 7.59. The van der Waals surface area contributed by atoms with E-state index in [1.165, 1.54) is 19.2 Å². The zero-order chi connectivity index (χ0) is 18.1. The summed E-state index contributed by atoms with van der Waals surface area (Å²) in [6.07, 6.45) is -5.36. The first kappa shape index (κ1) is 18.7. The van der Waals surface area contributed by atoms with Gasteiger partial charge >= 0.3 is 6.18 Å². The molecule has 1 atom stereocenters. The molecule has 1 fully saturated rings. The van der Waals surface area contributed by atoms with Gasteiger partial charge in [0.1, 0.15) is 0 Å². The summed E-state index contributed by atoms with van der Waals surface area (Å²) in [5.74, 6) is -0.206. The van der Waals surface area contributed by atoms with E-state index < -0.39 is 30.7 Å². The topological polar surface area (TPSA) is 59.0 Å². The third kappa shape index (κ3) is 3.39. The summed E-state index contributed by atoms with van der Waals surface area (Å²) in [4.78, 5) is 13.4. The van der Waals surface area contributed by atoms with Crippen molar-refractivity contribution in [2.45, 2.75) is 25.1 Å². The summed E-state index contributed by atoms with van der Waals surface area (Å²) in [6, 6.07) is 2.66. The molecule has 1 aliphatic rings. The third-order valence-electron chi connectivity index (χ3n) is 3.83. The number of methoxy groups -OCH3 is 1. The van der Waals surface area contributed by atoms with Crippen molar-refractivity contribution in [2.24, 2.45) is 0 Å². The second-order valence-electron chi connectivity index (χ2n) is 5.43. The van der Waals surface area contributed by atoms with Gasteiger partial charge in [-0.1, -0.05) is 11.6 Å². The molecule has 1 aromatic carbocycles. The largest absolute Gasteiger partial charge is 0.493 e. The number of nitrogens with zero attached hydrogens (tertiary/aromatic N) is 1. The van der Waals surface area contributed by atoms with Crippen LogP contribution in [0.5, 0.6) is 11.5 Å². The Kier molecular flexibility index (Phi) is 5.19. The normalized spacial score (nSPS) is 21.0. The number of aliphatic hydroxyl groups is 1. The molecule has 0 saturated carbocycles. The number of hydrogen-bond donors (Lipinski definition) is 1. The number of carbonyl (C=O) groups excluding carboxylic acids is 1. The number of ether oxygens (including phenoxy) is 2. The van der Waals surface area contributed by atoms with Crippen LogP contribution in [0.2, 0.25) is 5.02 Å². The quantitative estimate of drug-likeness (QED) is 0.889. The van der Waals surface area contributed by atoms with Crippen LogP contribution in [0, 0.1) is 0 Å². The molecule has 1 unspecified atom stereocenters. The maximum absolute atomic E-state index is 12.9. The zero-order valence-electron chi connectivity index (χ0n) is 13.1. The minimum atomic E-state index is -4.80. The molecule has 2 rings (SSSR count). The van der Waals surface area contributed by atoms with Gasteiger partial charge in [0.2, 0.25) is 0 Å². The molecular weight excluding hydrogens is 351 g/mol. The molecule has 1 N–H and O–H groups in total. The van der Waals surface area contributed by atoms with Crippen LogP contribution in [0.25, 0.3) is 0 Å². The maximum Gasteiger partial charge on any atom is 0.419 e. The molecule has 5 nitrogen and oxygen atoms in total.